The zero-order valence-electron chi connectivity index (χ0n) is 85.0. The predicted octanol–water partition coefficient (Wildman–Crippen LogP) is -0.115. The molecular weight excluding hydrogens is 1860 g/mol. The van der Waals surface area contributed by atoms with E-state index in [2.05, 4.69) is 42.5 Å². The van der Waals surface area contributed by atoms with Gasteiger partial charge in [0, 0.05) is 149 Å². The molecule has 46 nitrogen and oxygen atoms in total. The van der Waals surface area contributed by atoms with E-state index < -0.39 is 5.41 Å². The van der Waals surface area contributed by atoms with Gasteiger partial charge in [0.1, 0.15) is 0 Å². The highest BCUT2D eigenvalue weighted by atomic mass is 16.6. The summed E-state index contributed by atoms with van der Waals surface area (Å²) in [7, 11) is 0. The summed E-state index contributed by atoms with van der Waals surface area (Å²) in [4.78, 5) is 102. The van der Waals surface area contributed by atoms with E-state index in [0.29, 0.717) is 381 Å². The molecule has 46 heteroatoms. The number of hydrogen-bond acceptors (Lipinski definition) is 38. The Kier molecular flexibility index (Phi) is 110. The lowest BCUT2D eigenvalue weighted by atomic mass is 9.86. The van der Waals surface area contributed by atoms with Crippen LogP contribution in [0.1, 0.15) is 141 Å². The minimum Gasteiger partial charge on any atom is -0.396 e. The van der Waals surface area contributed by atoms with Crippen LogP contribution in [-0.2, 0) is 162 Å². The molecule has 0 unspecified atom stereocenters. The van der Waals surface area contributed by atoms with Crippen LogP contribution in [0.5, 0.6) is 0 Å². The lowest BCUT2D eigenvalue weighted by Crippen LogP contribution is -2.57. The van der Waals surface area contributed by atoms with Crippen molar-refractivity contribution in [2.24, 2.45) is 5.41 Å². The van der Waals surface area contributed by atoms with Crippen molar-refractivity contribution in [1.29, 1.82) is 0 Å². The van der Waals surface area contributed by atoms with Gasteiger partial charge in [0.15, 0.2) is 0 Å². The Morgan fingerprint density at radius 1 is 0.135 bits per heavy atom. The lowest BCUT2D eigenvalue weighted by molar-refractivity contribution is -0.124. The zero-order chi connectivity index (χ0) is 102. The molecule has 0 fully saturated rings. The molecule has 0 aromatic rings. The van der Waals surface area contributed by atoms with E-state index in [1.807, 2.05) is 0 Å². The summed E-state index contributed by atoms with van der Waals surface area (Å²) < 4.78 is 145. The number of aliphatic hydroxyl groups excluding tert-OH is 4. The molecule has 0 aromatic heterocycles. The third kappa shape index (κ3) is 110. The van der Waals surface area contributed by atoms with Crippen LogP contribution in [0, 0.1) is 5.41 Å². The molecule has 832 valence electrons. The SMILES string of the molecule is O=C(CCCCCO)NCCOCCCC(=O)NCC(CNC(=O)CCCOCCNC(=O)CCCCCO)(CNC(=O)CCOCCOCCOCCOCCOCCOCCOCCOCCOCCOCCOCCOCCNC(=O)CCCCCO)CNC(=O)CCOCCOCCOCCOCCOCCOCCOCCOCCOCCOCCOCCOCCNC(=O)CCCCCO. The number of carbonyl (C=O) groups excluding carboxylic acids is 8. The van der Waals surface area contributed by atoms with Crippen molar-refractivity contribution >= 4 is 47.3 Å². The summed E-state index contributed by atoms with van der Waals surface area (Å²) in [5.41, 5.74) is -1.16. The largest absolute Gasteiger partial charge is 0.396 e. The van der Waals surface area contributed by atoms with Crippen molar-refractivity contribution < 1.29 is 182 Å². The van der Waals surface area contributed by atoms with Gasteiger partial charge >= 0.3 is 0 Å². The molecular formula is C95H184N8O38. The van der Waals surface area contributed by atoms with Gasteiger partial charge in [0.05, 0.1) is 330 Å². The topological polar surface area (TPSA) is 554 Å². The molecule has 0 rings (SSSR count). The van der Waals surface area contributed by atoms with Gasteiger partial charge in [0.2, 0.25) is 47.3 Å². The second-order valence-corrected chi connectivity index (χ2v) is 31.8. The van der Waals surface area contributed by atoms with Crippen LogP contribution in [0.15, 0.2) is 0 Å². The Morgan fingerprint density at radius 3 is 0.426 bits per heavy atom. The number of ether oxygens (including phenoxy) is 26. The van der Waals surface area contributed by atoms with E-state index in [1.54, 1.807) is 0 Å². The van der Waals surface area contributed by atoms with Crippen LogP contribution in [-0.4, -0.2) is 490 Å². The second-order valence-electron chi connectivity index (χ2n) is 31.8. The first-order valence-electron chi connectivity index (χ1n) is 51.0. The number of aliphatic hydroxyl groups is 4. The molecule has 8 amide bonds. The monoisotopic (exact) mass is 2050 g/mol. The van der Waals surface area contributed by atoms with Crippen molar-refractivity contribution in [2.45, 2.75) is 141 Å². The highest BCUT2D eigenvalue weighted by Crippen LogP contribution is 2.16. The molecule has 0 bridgehead atoms. The number of rotatable bonds is 120. The van der Waals surface area contributed by atoms with Gasteiger partial charge in [-0.2, -0.15) is 0 Å². The van der Waals surface area contributed by atoms with Crippen molar-refractivity contribution in [3.05, 3.63) is 0 Å². The van der Waals surface area contributed by atoms with Crippen LogP contribution in [0.2, 0.25) is 0 Å². The molecule has 0 aliphatic rings. The first-order valence-corrected chi connectivity index (χ1v) is 51.0. The fraction of sp³-hybridized carbons (Fsp3) is 0.916. The Bertz CT molecular complexity index is 2540. The normalized spacial score (nSPS) is 11.5. The van der Waals surface area contributed by atoms with Crippen LogP contribution in [0.25, 0.3) is 0 Å². The van der Waals surface area contributed by atoms with Gasteiger partial charge in [-0.25, -0.2) is 0 Å². The summed E-state index contributed by atoms with van der Waals surface area (Å²) in [5, 5.41) is 58.6. The maximum Gasteiger partial charge on any atom is 0.222 e. The summed E-state index contributed by atoms with van der Waals surface area (Å²) in [6.45, 7) is 21.0. The average Bonchev–Trinajstić information content (AvgIpc) is 0.850. The van der Waals surface area contributed by atoms with Crippen molar-refractivity contribution in [1.82, 2.24) is 42.5 Å². The van der Waals surface area contributed by atoms with Gasteiger partial charge in [-0.15, -0.1) is 0 Å². The molecule has 0 radical (unpaired) electrons. The Labute approximate surface area is 837 Å². The summed E-state index contributed by atoms with van der Waals surface area (Å²) in [6.07, 6.45) is 11.2. The minimum atomic E-state index is -1.16. The number of hydrogen-bond donors (Lipinski definition) is 12. The summed E-state index contributed by atoms with van der Waals surface area (Å²) in [5.74, 6) is -1.68. The molecule has 141 heavy (non-hydrogen) atoms. The maximum absolute atomic E-state index is 13.5. The van der Waals surface area contributed by atoms with Gasteiger partial charge in [-0.3, -0.25) is 38.4 Å². The summed E-state index contributed by atoms with van der Waals surface area (Å²) >= 11 is 0. The van der Waals surface area contributed by atoms with Gasteiger partial charge in [-0.1, -0.05) is 25.7 Å². The van der Waals surface area contributed by atoms with Crippen LogP contribution in [0.3, 0.4) is 0 Å². The Hall–Kier alpha value is -5.44. The third-order valence-corrected chi connectivity index (χ3v) is 19.7. The van der Waals surface area contributed by atoms with E-state index in [-0.39, 0.29) is 192 Å². The molecule has 0 saturated carbocycles. The smallest absolute Gasteiger partial charge is 0.222 e. The first kappa shape index (κ1) is 136. The number of unbranched alkanes of at least 4 members (excludes halogenated alkanes) is 8. The predicted molar refractivity (Wildman–Crippen MR) is 518 cm³/mol. The van der Waals surface area contributed by atoms with E-state index in [4.69, 9.17) is 144 Å². The molecule has 0 atom stereocenters. The molecule has 0 saturated heterocycles. The molecule has 0 spiro atoms. The third-order valence-electron chi connectivity index (χ3n) is 19.7. The van der Waals surface area contributed by atoms with E-state index in [1.165, 1.54) is 0 Å². The highest BCUT2D eigenvalue weighted by molar-refractivity contribution is 5.79. The van der Waals surface area contributed by atoms with Crippen LogP contribution >= 0.6 is 0 Å². The average molecular weight is 2050 g/mol. The minimum absolute atomic E-state index is 0.00694. The molecule has 0 aliphatic carbocycles. The molecule has 0 aromatic carbocycles. The summed E-state index contributed by atoms with van der Waals surface area (Å²) in [6, 6.07) is 0. The zero-order valence-corrected chi connectivity index (χ0v) is 85.0. The van der Waals surface area contributed by atoms with E-state index in [0.717, 1.165) is 38.5 Å². The Morgan fingerprint density at radius 2 is 0.262 bits per heavy atom. The maximum atomic E-state index is 13.5. The fourth-order valence-corrected chi connectivity index (χ4v) is 11.8. The second kappa shape index (κ2) is 115. The lowest BCUT2D eigenvalue weighted by Gasteiger charge is -2.35. The molecule has 12 N–H and O–H groups in total. The quantitative estimate of drug-likeness (QED) is 0.0353. The molecule has 0 heterocycles. The van der Waals surface area contributed by atoms with E-state index >= 15 is 0 Å². The highest BCUT2D eigenvalue weighted by Gasteiger charge is 2.33. The van der Waals surface area contributed by atoms with Crippen molar-refractivity contribution in [2.75, 3.05) is 422 Å². The number of amides is 8. The Balaban J connectivity index is 4.73. The van der Waals surface area contributed by atoms with Crippen molar-refractivity contribution in [3.63, 3.8) is 0 Å². The van der Waals surface area contributed by atoms with Crippen molar-refractivity contribution in [3.8, 4) is 0 Å². The van der Waals surface area contributed by atoms with Gasteiger partial charge in [-0.05, 0) is 64.2 Å². The van der Waals surface area contributed by atoms with Gasteiger partial charge < -0.3 is 186 Å². The number of carbonyl (C=O) groups is 8. The number of nitrogens with one attached hydrogen (secondary N) is 8. The van der Waals surface area contributed by atoms with Gasteiger partial charge in [0.25, 0.3) is 0 Å². The molecule has 0 aliphatic heterocycles. The fourth-order valence-electron chi connectivity index (χ4n) is 11.8. The van der Waals surface area contributed by atoms with Crippen LogP contribution < -0.4 is 42.5 Å². The first-order chi connectivity index (χ1) is 69.4. The van der Waals surface area contributed by atoms with Crippen LogP contribution in [0.4, 0.5) is 0 Å². The van der Waals surface area contributed by atoms with E-state index in [9.17, 15) is 38.4 Å². The standard InChI is InChI=1S/C95H184N8O38/c104-27-9-1-5-15-87(108)96-23-35-116-31-13-19-91(112)100-83-95(84-101-92(113)20-14-32-117-36-24-97-88(109)16-6-2-10-28-105,85-102-93(114)21-33-118-39-43-122-47-51-126-55-59-130-63-67-134-71-75-138-79-81-140-77-73-136-69-65-132-61-57-128-53-49-124-45-41-120-37-25-98-89(110)17-7-3-11-29-106)86-103-94(115)22-34-119-40-44-123-48-52-127-56-60-131-64-68-135-72-76-139-80-82-141-78-74-137-70-66-133-62-58-129-54-50-125-46-42-121-38-26-99-90(111)18-8-4-12-30-107/h104-107H,1-86H2,(H,96,108)(H,97,109)(H,98,110)(H,99,111)(H,100,112)(H,101,113)(H,102,114)(H,103,115).